The summed E-state index contributed by atoms with van der Waals surface area (Å²) in [6.07, 6.45) is 4.15. The SMILES string of the molecule is O=C(NCCCCCO)c1ccn[nH]1. The highest BCUT2D eigenvalue weighted by Crippen LogP contribution is 1.94. The molecule has 0 atom stereocenters. The molecule has 0 aromatic carbocycles. The summed E-state index contributed by atoms with van der Waals surface area (Å²) in [4.78, 5) is 11.3. The number of carbonyl (C=O) groups is 1. The van der Waals surface area contributed by atoms with Gasteiger partial charge in [-0.3, -0.25) is 9.89 Å². The number of aliphatic hydroxyl groups is 1. The smallest absolute Gasteiger partial charge is 0.269 e. The molecule has 0 aliphatic heterocycles. The van der Waals surface area contributed by atoms with E-state index in [9.17, 15) is 4.79 Å². The van der Waals surface area contributed by atoms with E-state index < -0.39 is 0 Å². The Balaban J connectivity index is 2.10. The van der Waals surface area contributed by atoms with E-state index in [0.29, 0.717) is 12.2 Å². The number of hydrogen-bond donors (Lipinski definition) is 3. The maximum absolute atomic E-state index is 11.3. The van der Waals surface area contributed by atoms with Crippen molar-refractivity contribution < 1.29 is 9.90 Å². The Kier molecular flexibility index (Phi) is 4.71. The second kappa shape index (κ2) is 6.15. The maximum atomic E-state index is 11.3. The van der Waals surface area contributed by atoms with E-state index >= 15 is 0 Å². The zero-order valence-electron chi connectivity index (χ0n) is 7.99. The van der Waals surface area contributed by atoms with E-state index in [1.165, 1.54) is 0 Å². The van der Waals surface area contributed by atoms with Crippen LogP contribution < -0.4 is 5.32 Å². The molecule has 1 amide bonds. The molecule has 0 fully saturated rings. The van der Waals surface area contributed by atoms with Crippen LogP contribution in [0, 0.1) is 0 Å². The molecule has 0 saturated carbocycles. The van der Waals surface area contributed by atoms with Crippen LogP contribution in [0.3, 0.4) is 0 Å². The van der Waals surface area contributed by atoms with E-state index in [-0.39, 0.29) is 12.5 Å². The topological polar surface area (TPSA) is 78.0 Å². The average Bonchev–Trinajstić information content (AvgIpc) is 2.70. The standard InChI is InChI=1S/C9H15N3O2/c13-7-3-1-2-5-10-9(14)8-4-6-11-12-8/h4,6,13H,1-3,5,7H2,(H,10,14)(H,11,12). The Morgan fingerprint density at radius 3 is 3.00 bits per heavy atom. The molecule has 5 nitrogen and oxygen atoms in total. The van der Waals surface area contributed by atoms with Crippen molar-refractivity contribution in [2.24, 2.45) is 0 Å². The van der Waals surface area contributed by atoms with Crippen LogP contribution in [0.5, 0.6) is 0 Å². The number of aromatic amines is 1. The Bertz CT molecular complexity index is 259. The third-order valence-electron chi connectivity index (χ3n) is 1.87. The van der Waals surface area contributed by atoms with Crippen LogP contribution in [0.25, 0.3) is 0 Å². The highest BCUT2D eigenvalue weighted by molar-refractivity contribution is 5.91. The molecule has 1 aromatic heterocycles. The number of nitrogens with one attached hydrogen (secondary N) is 2. The molecule has 0 aliphatic carbocycles. The maximum Gasteiger partial charge on any atom is 0.269 e. The molecule has 0 aliphatic rings. The van der Waals surface area contributed by atoms with Gasteiger partial charge in [-0.1, -0.05) is 0 Å². The first-order chi connectivity index (χ1) is 6.84. The quantitative estimate of drug-likeness (QED) is 0.574. The Hall–Kier alpha value is -1.36. The summed E-state index contributed by atoms with van der Waals surface area (Å²) in [6.45, 7) is 0.854. The van der Waals surface area contributed by atoms with Gasteiger partial charge < -0.3 is 10.4 Å². The fourth-order valence-electron chi connectivity index (χ4n) is 1.09. The molecule has 1 heterocycles. The molecule has 0 saturated heterocycles. The van der Waals surface area contributed by atoms with Gasteiger partial charge >= 0.3 is 0 Å². The number of aliphatic hydroxyl groups excluding tert-OH is 1. The van der Waals surface area contributed by atoms with Crippen molar-refractivity contribution in [1.29, 1.82) is 0 Å². The van der Waals surface area contributed by atoms with Gasteiger partial charge in [-0.15, -0.1) is 0 Å². The lowest BCUT2D eigenvalue weighted by molar-refractivity contribution is 0.0948. The molecule has 1 aromatic rings. The van der Waals surface area contributed by atoms with Crippen LogP contribution in [0.4, 0.5) is 0 Å². The summed E-state index contributed by atoms with van der Waals surface area (Å²) in [5.74, 6) is -0.133. The minimum atomic E-state index is -0.133. The van der Waals surface area contributed by atoms with Crippen LogP contribution in [0.1, 0.15) is 29.8 Å². The number of carbonyl (C=O) groups excluding carboxylic acids is 1. The van der Waals surface area contributed by atoms with Gasteiger partial charge in [-0.25, -0.2) is 0 Å². The third-order valence-corrected chi connectivity index (χ3v) is 1.87. The van der Waals surface area contributed by atoms with Gasteiger partial charge in [0.15, 0.2) is 0 Å². The average molecular weight is 197 g/mol. The van der Waals surface area contributed by atoms with Crippen molar-refractivity contribution in [2.75, 3.05) is 13.2 Å². The van der Waals surface area contributed by atoms with Crippen LogP contribution in [-0.4, -0.2) is 34.4 Å². The monoisotopic (exact) mass is 197 g/mol. The van der Waals surface area contributed by atoms with Crippen LogP contribution >= 0.6 is 0 Å². The summed E-state index contributed by atoms with van der Waals surface area (Å²) in [7, 11) is 0. The number of amides is 1. The summed E-state index contributed by atoms with van der Waals surface area (Å²) in [5.41, 5.74) is 0.479. The van der Waals surface area contributed by atoms with E-state index in [2.05, 4.69) is 15.5 Å². The van der Waals surface area contributed by atoms with E-state index in [1.807, 2.05) is 0 Å². The van der Waals surface area contributed by atoms with E-state index in [1.54, 1.807) is 12.3 Å². The number of rotatable bonds is 6. The van der Waals surface area contributed by atoms with E-state index in [4.69, 9.17) is 5.11 Å². The van der Waals surface area contributed by atoms with Gasteiger partial charge in [0, 0.05) is 19.3 Å². The summed E-state index contributed by atoms with van der Waals surface area (Å²) < 4.78 is 0. The number of aromatic nitrogens is 2. The second-order valence-corrected chi connectivity index (χ2v) is 3.01. The lowest BCUT2D eigenvalue weighted by Crippen LogP contribution is -2.24. The molecule has 5 heteroatoms. The lowest BCUT2D eigenvalue weighted by Gasteiger charge is -2.02. The lowest BCUT2D eigenvalue weighted by atomic mass is 10.2. The van der Waals surface area contributed by atoms with Crippen LogP contribution in [0.2, 0.25) is 0 Å². The molecule has 78 valence electrons. The summed E-state index contributed by atoms with van der Waals surface area (Å²) in [5, 5.41) is 17.5. The molecule has 14 heavy (non-hydrogen) atoms. The van der Waals surface area contributed by atoms with Crippen LogP contribution in [-0.2, 0) is 0 Å². The highest BCUT2D eigenvalue weighted by Gasteiger charge is 2.04. The van der Waals surface area contributed by atoms with Crippen molar-refractivity contribution in [3.05, 3.63) is 18.0 Å². The largest absolute Gasteiger partial charge is 0.396 e. The molecule has 0 bridgehead atoms. The first-order valence-electron chi connectivity index (χ1n) is 4.73. The molecule has 1 rings (SSSR count). The highest BCUT2D eigenvalue weighted by atomic mass is 16.2. The van der Waals surface area contributed by atoms with Gasteiger partial charge in [0.1, 0.15) is 5.69 Å². The molecular weight excluding hydrogens is 182 g/mol. The number of hydrogen-bond acceptors (Lipinski definition) is 3. The second-order valence-electron chi connectivity index (χ2n) is 3.01. The molecular formula is C9H15N3O2. The zero-order valence-corrected chi connectivity index (χ0v) is 7.99. The normalized spacial score (nSPS) is 10.1. The fourth-order valence-corrected chi connectivity index (χ4v) is 1.09. The minimum absolute atomic E-state index is 0.133. The first-order valence-corrected chi connectivity index (χ1v) is 4.73. The van der Waals surface area contributed by atoms with Crippen molar-refractivity contribution >= 4 is 5.91 Å². The molecule has 0 unspecified atom stereocenters. The number of nitrogens with zero attached hydrogens (tertiary/aromatic N) is 1. The number of H-pyrrole nitrogens is 1. The van der Waals surface area contributed by atoms with Crippen molar-refractivity contribution in [2.45, 2.75) is 19.3 Å². The predicted octanol–water partition coefficient (Wildman–Crippen LogP) is 0.302. The Labute approximate surface area is 82.5 Å². The third kappa shape index (κ3) is 3.57. The van der Waals surface area contributed by atoms with E-state index in [0.717, 1.165) is 19.3 Å². The Morgan fingerprint density at radius 1 is 1.50 bits per heavy atom. The van der Waals surface area contributed by atoms with Crippen molar-refractivity contribution in [3.63, 3.8) is 0 Å². The van der Waals surface area contributed by atoms with Gasteiger partial charge in [-0.05, 0) is 25.3 Å². The van der Waals surface area contributed by atoms with Gasteiger partial charge in [0.2, 0.25) is 0 Å². The molecule has 3 N–H and O–H groups in total. The zero-order chi connectivity index (χ0) is 10.2. The number of unbranched alkanes of at least 4 members (excludes halogenated alkanes) is 2. The Morgan fingerprint density at radius 2 is 2.36 bits per heavy atom. The van der Waals surface area contributed by atoms with Gasteiger partial charge in [0.05, 0.1) is 0 Å². The van der Waals surface area contributed by atoms with Crippen molar-refractivity contribution in [3.8, 4) is 0 Å². The first kappa shape index (κ1) is 10.7. The molecule has 0 spiro atoms. The van der Waals surface area contributed by atoms with Crippen LogP contribution in [0.15, 0.2) is 12.3 Å². The van der Waals surface area contributed by atoms with Gasteiger partial charge in [-0.2, -0.15) is 5.10 Å². The summed E-state index contributed by atoms with van der Waals surface area (Å²) in [6, 6.07) is 1.63. The van der Waals surface area contributed by atoms with Crippen molar-refractivity contribution in [1.82, 2.24) is 15.5 Å². The molecule has 0 radical (unpaired) electrons. The fraction of sp³-hybridized carbons (Fsp3) is 0.556. The minimum Gasteiger partial charge on any atom is -0.396 e. The van der Waals surface area contributed by atoms with Gasteiger partial charge in [0.25, 0.3) is 5.91 Å². The predicted molar refractivity (Wildman–Crippen MR) is 51.9 cm³/mol. The summed E-state index contributed by atoms with van der Waals surface area (Å²) >= 11 is 0.